The van der Waals surface area contributed by atoms with E-state index in [-0.39, 0.29) is 0 Å². The highest BCUT2D eigenvalue weighted by molar-refractivity contribution is 4.73. The number of aliphatic hydroxyl groups is 1. The van der Waals surface area contributed by atoms with E-state index in [9.17, 15) is 5.11 Å². The molecule has 1 rings (SSSR count). The van der Waals surface area contributed by atoms with E-state index >= 15 is 0 Å². The minimum Gasteiger partial charge on any atom is -0.389 e. The van der Waals surface area contributed by atoms with Crippen LogP contribution in [0.4, 0.5) is 0 Å². The summed E-state index contributed by atoms with van der Waals surface area (Å²) in [5.74, 6) is 0.634. The van der Waals surface area contributed by atoms with Crippen molar-refractivity contribution >= 4 is 0 Å². The van der Waals surface area contributed by atoms with Crippen LogP contribution >= 0.6 is 0 Å². The van der Waals surface area contributed by atoms with Gasteiger partial charge in [-0.05, 0) is 32.1 Å². The Morgan fingerprint density at radius 2 is 2.05 bits per heavy atom. The van der Waals surface area contributed by atoms with E-state index in [0.717, 1.165) is 19.4 Å². The van der Waals surface area contributed by atoms with Gasteiger partial charge in [-0.25, -0.2) is 0 Å². The lowest BCUT2D eigenvalue weighted by Crippen LogP contribution is -2.38. The van der Waals surface area contributed by atoms with Crippen LogP contribution < -0.4 is 5.32 Å². The number of rotatable bonds is 9. The second kappa shape index (κ2) is 9.70. The molecule has 19 heavy (non-hydrogen) atoms. The van der Waals surface area contributed by atoms with Crippen molar-refractivity contribution in [1.82, 2.24) is 5.32 Å². The minimum atomic E-state index is -0.417. The Morgan fingerprint density at radius 3 is 2.74 bits per heavy atom. The number of hydrogen-bond donors (Lipinski definition) is 2. The molecule has 0 saturated heterocycles. The molecule has 4 heteroatoms. The van der Waals surface area contributed by atoms with Crippen LogP contribution in [0.3, 0.4) is 0 Å². The summed E-state index contributed by atoms with van der Waals surface area (Å²) in [6, 6.07) is 0.364. The van der Waals surface area contributed by atoms with Crippen molar-refractivity contribution < 1.29 is 14.6 Å². The average Bonchev–Trinajstić information content (AvgIpc) is 2.42. The van der Waals surface area contributed by atoms with E-state index in [4.69, 9.17) is 9.47 Å². The summed E-state index contributed by atoms with van der Waals surface area (Å²) in [7, 11) is 1.71. The van der Waals surface area contributed by atoms with Gasteiger partial charge in [0.25, 0.3) is 0 Å². The fraction of sp³-hybridized carbons (Fsp3) is 1.00. The van der Waals surface area contributed by atoms with Gasteiger partial charge in [0.2, 0.25) is 0 Å². The first-order valence-corrected chi connectivity index (χ1v) is 7.65. The molecule has 0 heterocycles. The third kappa shape index (κ3) is 7.25. The quantitative estimate of drug-likeness (QED) is 0.674. The van der Waals surface area contributed by atoms with Crippen molar-refractivity contribution in [3.63, 3.8) is 0 Å². The van der Waals surface area contributed by atoms with Gasteiger partial charge < -0.3 is 19.9 Å². The number of aliphatic hydroxyl groups excluding tert-OH is 1. The highest BCUT2D eigenvalue weighted by atomic mass is 16.5. The smallest absolute Gasteiger partial charge is 0.0897 e. The Morgan fingerprint density at radius 1 is 1.32 bits per heavy atom. The molecule has 0 radical (unpaired) electrons. The van der Waals surface area contributed by atoms with Crippen molar-refractivity contribution in [3.05, 3.63) is 0 Å². The normalized spacial score (nSPS) is 27.2. The molecule has 0 aromatic heterocycles. The van der Waals surface area contributed by atoms with Gasteiger partial charge in [0, 0.05) is 26.3 Å². The third-order valence-electron chi connectivity index (χ3n) is 3.99. The van der Waals surface area contributed by atoms with Gasteiger partial charge >= 0.3 is 0 Å². The Kier molecular flexibility index (Phi) is 8.62. The van der Waals surface area contributed by atoms with E-state index in [1.54, 1.807) is 7.11 Å². The van der Waals surface area contributed by atoms with Crippen LogP contribution in [-0.4, -0.2) is 50.2 Å². The summed E-state index contributed by atoms with van der Waals surface area (Å²) in [6.07, 6.45) is 5.87. The van der Waals surface area contributed by atoms with E-state index in [1.807, 2.05) is 0 Å². The monoisotopic (exact) mass is 273 g/mol. The van der Waals surface area contributed by atoms with E-state index in [0.29, 0.717) is 31.2 Å². The highest BCUT2D eigenvalue weighted by Crippen LogP contribution is 2.26. The summed E-state index contributed by atoms with van der Waals surface area (Å²) in [4.78, 5) is 0. The maximum Gasteiger partial charge on any atom is 0.0897 e. The second-order valence-corrected chi connectivity index (χ2v) is 5.88. The van der Waals surface area contributed by atoms with Crippen molar-refractivity contribution in [1.29, 1.82) is 0 Å². The van der Waals surface area contributed by atoms with Gasteiger partial charge in [-0.1, -0.05) is 19.8 Å². The van der Waals surface area contributed by atoms with Crippen LogP contribution in [0.2, 0.25) is 0 Å². The molecule has 2 N–H and O–H groups in total. The summed E-state index contributed by atoms with van der Waals surface area (Å²) in [5, 5.41) is 13.2. The van der Waals surface area contributed by atoms with Gasteiger partial charge in [-0.2, -0.15) is 0 Å². The second-order valence-electron chi connectivity index (χ2n) is 5.88. The van der Waals surface area contributed by atoms with Crippen molar-refractivity contribution in [3.8, 4) is 0 Å². The Balaban J connectivity index is 2.08. The summed E-state index contributed by atoms with van der Waals surface area (Å²) < 4.78 is 10.9. The third-order valence-corrected chi connectivity index (χ3v) is 3.99. The van der Waals surface area contributed by atoms with E-state index < -0.39 is 6.10 Å². The standard InChI is InChI=1S/C15H31NO3/c1-12-6-4-5-7-15(12)19-11-14(17)10-16-13(2)8-9-18-3/h12-17H,4-11H2,1-3H3. The maximum atomic E-state index is 9.92. The molecule has 0 amide bonds. The molecule has 0 bridgehead atoms. The largest absolute Gasteiger partial charge is 0.389 e. The van der Waals surface area contributed by atoms with Crippen LogP contribution in [0.25, 0.3) is 0 Å². The van der Waals surface area contributed by atoms with Crippen molar-refractivity contribution in [2.75, 3.05) is 26.9 Å². The minimum absolute atomic E-state index is 0.342. The fourth-order valence-corrected chi connectivity index (χ4v) is 2.56. The maximum absolute atomic E-state index is 9.92. The molecule has 1 aliphatic carbocycles. The first-order chi connectivity index (χ1) is 9.13. The lowest BCUT2D eigenvalue weighted by atomic mass is 9.88. The molecule has 0 aromatic rings. The highest BCUT2D eigenvalue weighted by Gasteiger charge is 2.22. The first kappa shape index (κ1) is 16.9. The molecule has 0 spiro atoms. The van der Waals surface area contributed by atoms with E-state index in [1.165, 1.54) is 19.3 Å². The van der Waals surface area contributed by atoms with Crippen LogP contribution in [-0.2, 0) is 9.47 Å². The first-order valence-electron chi connectivity index (χ1n) is 7.65. The molecule has 1 saturated carbocycles. The van der Waals surface area contributed by atoms with Crippen LogP contribution in [0.5, 0.6) is 0 Å². The van der Waals surface area contributed by atoms with Crippen LogP contribution in [0, 0.1) is 5.92 Å². The van der Waals surface area contributed by atoms with Gasteiger partial charge in [0.1, 0.15) is 0 Å². The SMILES string of the molecule is COCCC(C)NCC(O)COC1CCCCC1C. The number of methoxy groups -OCH3 is 1. The molecular weight excluding hydrogens is 242 g/mol. The topological polar surface area (TPSA) is 50.7 Å². The summed E-state index contributed by atoms with van der Waals surface area (Å²) >= 11 is 0. The van der Waals surface area contributed by atoms with Gasteiger partial charge in [-0.3, -0.25) is 0 Å². The molecular formula is C15H31NO3. The molecule has 0 aliphatic heterocycles. The van der Waals surface area contributed by atoms with Crippen LogP contribution in [0.15, 0.2) is 0 Å². The predicted molar refractivity (Wildman–Crippen MR) is 77.3 cm³/mol. The van der Waals surface area contributed by atoms with Crippen LogP contribution in [0.1, 0.15) is 46.0 Å². The van der Waals surface area contributed by atoms with E-state index in [2.05, 4.69) is 19.2 Å². The number of hydrogen-bond acceptors (Lipinski definition) is 4. The molecule has 0 aromatic carbocycles. The predicted octanol–water partition coefficient (Wildman–Crippen LogP) is 1.96. The summed E-state index contributed by atoms with van der Waals surface area (Å²) in [6.45, 7) is 6.14. The zero-order valence-corrected chi connectivity index (χ0v) is 12.7. The zero-order chi connectivity index (χ0) is 14.1. The Bertz CT molecular complexity index is 225. The average molecular weight is 273 g/mol. The molecule has 1 aliphatic rings. The number of nitrogens with one attached hydrogen (secondary N) is 1. The van der Waals surface area contributed by atoms with Gasteiger partial charge in [-0.15, -0.1) is 0 Å². The van der Waals surface area contributed by atoms with Crippen molar-refractivity contribution in [2.24, 2.45) is 5.92 Å². The Labute approximate surface area is 117 Å². The molecule has 4 nitrogen and oxygen atoms in total. The lowest BCUT2D eigenvalue weighted by molar-refractivity contribution is -0.0456. The fourth-order valence-electron chi connectivity index (χ4n) is 2.56. The van der Waals surface area contributed by atoms with Gasteiger partial charge in [0.05, 0.1) is 18.8 Å². The lowest BCUT2D eigenvalue weighted by Gasteiger charge is -2.29. The van der Waals surface area contributed by atoms with Gasteiger partial charge in [0.15, 0.2) is 0 Å². The molecule has 4 unspecified atom stereocenters. The van der Waals surface area contributed by atoms with Crippen molar-refractivity contribution in [2.45, 2.75) is 64.2 Å². The molecule has 4 atom stereocenters. The summed E-state index contributed by atoms with van der Waals surface area (Å²) in [5.41, 5.74) is 0. The molecule has 114 valence electrons. The zero-order valence-electron chi connectivity index (χ0n) is 12.7. The number of ether oxygens (including phenoxy) is 2. The molecule has 1 fully saturated rings. The Hall–Kier alpha value is -0.160.